The first-order valence-electron chi connectivity index (χ1n) is 7.70. The summed E-state index contributed by atoms with van der Waals surface area (Å²) in [5, 5.41) is 3.00. The van der Waals surface area contributed by atoms with E-state index < -0.39 is 0 Å². The molecule has 1 aromatic rings. The Morgan fingerprint density at radius 3 is 2.71 bits per heavy atom. The molecule has 0 aromatic carbocycles. The third-order valence-electron chi connectivity index (χ3n) is 3.82. The lowest BCUT2D eigenvalue weighted by Crippen LogP contribution is -2.46. The molecule has 114 valence electrons. The Morgan fingerprint density at radius 2 is 2.10 bits per heavy atom. The smallest absolute Gasteiger partial charge is 0.270 e. The van der Waals surface area contributed by atoms with Gasteiger partial charge in [-0.15, -0.1) is 0 Å². The molecule has 0 unspecified atom stereocenters. The van der Waals surface area contributed by atoms with E-state index in [1.807, 2.05) is 4.90 Å². The van der Waals surface area contributed by atoms with Crippen molar-refractivity contribution in [2.75, 3.05) is 13.1 Å². The quantitative estimate of drug-likeness (QED) is 0.901. The molecule has 1 aliphatic heterocycles. The third kappa shape index (κ3) is 4.55. The highest BCUT2D eigenvalue weighted by atomic mass is 16.2. The highest BCUT2D eigenvalue weighted by molar-refractivity contribution is 5.92. The van der Waals surface area contributed by atoms with E-state index in [4.69, 9.17) is 0 Å². The maximum Gasteiger partial charge on any atom is 0.270 e. The maximum atomic E-state index is 12.0. The minimum atomic E-state index is -0.133. The van der Waals surface area contributed by atoms with Gasteiger partial charge >= 0.3 is 0 Å². The Hall–Kier alpha value is -1.91. The molecule has 1 N–H and O–H groups in total. The molecule has 1 fully saturated rings. The van der Waals surface area contributed by atoms with Gasteiger partial charge in [0.1, 0.15) is 5.69 Å². The van der Waals surface area contributed by atoms with Gasteiger partial charge in [-0.2, -0.15) is 0 Å². The molecule has 0 atom stereocenters. The van der Waals surface area contributed by atoms with Crippen molar-refractivity contribution in [1.29, 1.82) is 0 Å². The highest BCUT2D eigenvalue weighted by Gasteiger charge is 2.23. The third-order valence-corrected chi connectivity index (χ3v) is 3.82. The van der Waals surface area contributed by atoms with Gasteiger partial charge < -0.3 is 10.2 Å². The molecule has 2 amide bonds. The van der Waals surface area contributed by atoms with Gasteiger partial charge in [-0.05, 0) is 31.4 Å². The van der Waals surface area contributed by atoms with Gasteiger partial charge in [0.05, 0.1) is 0 Å². The van der Waals surface area contributed by atoms with Crippen molar-refractivity contribution in [1.82, 2.24) is 15.2 Å². The summed E-state index contributed by atoms with van der Waals surface area (Å²) in [4.78, 5) is 29.9. The van der Waals surface area contributed by atoms with Crippen LogP contribution in [-0.2, 0) is 4.79 Å². The van der Waals surface area contributed by atoms with E-state index in [1.54, 1.807) is 24.4 Å². The molecule has 5 heteroatoms. The van der Waals surface area contributed by atoms with Crippen molar-refractivity contribution in [3.8, 4) is 0 Å². The molecule has 2 rings (SSSR count). The van der Waals surface area contributed by atoms with Gasteiger partial charge in [0.25, 0.3) is 5.91 Å². The van der Waals surface area contributed by atoms with E-state index in [0.717, 1.165) is 38.8 Å². The van der Waals surface area contributed by atoms with Crippen LogP contribution in [-0.4, -0.2) is 40.8 Å². The standard InChI is InChI=1S/C16H23N3O2/c1-2-3-7-15(20)19-11-8-13(9-12-19)18-16(21)14-6-4-5-10-17-14/h4-6,10,13H,2-3,7-9,11-12H2,1H3,(H,18,21). The summed E-state index contributed by atoms with van der Waals surface area (Å²) in [5.41, 5.74) is 0.443. The molecule has 1 aromatic heterocycles. The summed E-state index contributed by atoms with van der Waals surface area (Å²) in [5.74, 6) is 0.109. The molecule has 0 radical (unpaired) electrons. The summed E-state index contributed by atoms with van der Waals surface area (Å²) < 4.78 is 0. The number of pyridine rings is 1. The van der Waals surface area contributed by atoms with Crippen molar-refractivity contribution in [2.45, 2.75) is 45.1 Å². The van der Waals surface area contributed by atoms with Crippen molar-refractivity contribution < 1.29 is 9.59 Å². The van der Waals surface area contributed by atoms with Crippen molar-refractivity contribution >= 4 is 11.8 Å². The van der Waals surface area contributed by atoms with Crippen LogP contribution in [0.1, 0.15) is 49.5 Å². The van der Waals surface area contributed by atoms with Gasteiger partial charge in [0, 0.05) is 31.7 Å². The van der Waals surface area contributed by atoms with Crippen LogP contribution in [0.15, 0.2) is 24.4 Å². The predicted molar refractivity (Wildman–Crippen MR) is 80.8 cm³/mol. The fourth-order valence-corrected chi connectivity index (χ4v) is 2.52. The summed E-state index contributed by atoms with van der Waals surface area (Å²) in [6.07, 6.45) is 5.88. The summed E-state index contributed by atoms with van der Waals surface area (Å²) in [6.45, 7) is 3.55. The van der Waals surface area contributed by atoms with Crippen molar-refractivity contribution in [2.24, 2.45) is 0 Å². The zero-order valence-corrected chi connectivity index (χ0v) is 12.5. The number of carbonyl (C=O) groups excluding carboxylic acids is 2. The lowest BCUT2D eigenvalue weighted by molar-refractivity contribution is -0.132. The average molecular weight is 289 g/mol. The molecular formula is C16H23N3O2. The number of carbonyl (C=O) groups is 2. The Balaban J connectivity index is 1.77. The van der Waals surface area contributed by atoms with E-state index in [-0.39, 0.29) is 17.9 Å². The Labute approximate surface area is 125 Å². The molecular weight excluding hydrogens is 266 g/mol. The molecule has 0 saturated carbocycles. The minimum Gasteiger partial charge on any atom is -0.348 e. The molecule has 2 heterocycles. The fraction of sp³-hybridized carbons (Fsp3) is 0.562. The molecule has 0 spiro atoms. The van der Waals surface area contributed by atoms with Crippen LogP contribution in [0.4, 0.5) is 0 Å². The van der Waals surface area contributed by atoms with E-state index in [1.165, 1.54) is 0 Å². The topological polar surface area (TPSA) is 62.3 Å². The number of nitrogens with one attached hydrogen (secondary N) is 1. The normalized spacial score (nSPS) is 15.8. The zero-order valence-electron chi connectivity index (χ0n) is 12.5. The van der Waals surface area contributed by atoms with Crippen LogP contribution in [0, 0.1) is 0 Å². The number of unbranched alkanes of at least 4 members (excludes halogenated alkanes) is 1. The molecule has 21 heavy (non-hydrogen) atoms. The summed E-state index contributed by atoms with van der Waals surface area (Å²) in [7, 11) is 0. The largest absolute Gasteiger partial charge is 0.348 e. The Morgan fingerprint density at radius 1 is 1.33 bits per heavy atom. The second kappa shape index (κ2) is 7.76. The highest BCUT2D eigenvalue weighted by Crippen LogP contribution is 2.13. The van der Waals surface area contributed by atoms with Gasteiger partial charge in [-0.25, -0.2) is 0 Å². The monoisotopic (exact) mass is 289 g/mol. The van der Waals surface area contributed by atoms with Crippen LogP contribution in [0.2, 0.25) is 0 Å². The van der Waals surface area contributed by atoms with Crippen LogP contribution < -0.4 is 5.32 Å². The Kier molecular flexibility index (Phi) is 5.72. The predicted octanol–water partition coefficient (Wildman–Crippen LogP) is 1.99. The van der Waals surface area contributed by atoms with Gasteiger partial charge in [0.2, 0.25) is 5.91 Å². The summed E-state index contributed by atoms with van der Waals surface area (Å²) in [6, 6.07) is 5.43. The van der Waals surface area contributed by atoms with Crippen molar-refractivity contribution in [3.63, 3.8) is 0 Å². The number of amides is 2. The van der Waals surface area contributed by atoms with Crippen LogP contribution >= 0.6 is 0 Å². The van der Waals surface area contributed by atoms with E-state index in [0.29, 0.717) is 12.1 Å². The number of rotatable bonds is 5. The minimum absolute atomic E-state index is 0.133. The van der Waals surface area contributed by atoms with Gasteiger partial charge in [-0.3, -0.25) is 14.6 Å². The zero-order chi connectivity index (χ0) is 15.1. The second-order valence-electron chi connectivity index (χ2n) is 5.45. The molecule has 0 aliphatic carbocycles. The van der Waals surface area contributed by atoms with E-state index in [2.05, 4.69) is 17.2 Å². The fourth-order valence-electron chi connectivity index (χ4n) is 2.52. The Bertz CT molecular complexity index is 468. The van der Waals surface area contributed by atoms with Gasteiger partial charge in [-0.1, -0.05) is 19.4 Å². The summed E-state index contributed by atoms with van der Waals surface area (Å²) >= 11 is 0. The molecule has 0 bridgehead atoms. The molecule has 5 nitrogen and oxygen atoms in total. The molecule has 1 saturated heterocycles. The first-order valence-corrected chi connectivity index (χ1v) is 7.70. The van der Waals surface area contributed by atoms with E-state index >= 15 is 0 Å². The lowest BCUT2D eigenvalue weighted by Gasteiger charge is -2.32. The number of nitrogens with zero attached hydrogens (tertiary/aromatic N) is 2. The van der Waals surface area contributed by atoms with Crippen LogP contribution in [0.25, 0.3) is 0 Å². The lowest BCUT2D eigenvalue weighted by atomic mass is 10.0. The first kappa shape index (κ1) is 15.5. The molecule has 1 aliphatic rings. The second-order valence-corrected chi connectivity index (χ2v) is 5.45. The van der Waals surface area contributed by atoms with Crippen LogP contribution in [0.3, 0.4) is 0 Å². The SMILES string of the molecule is CCCCC(=O)N1CCC(NC(=O)c2ccccn2)CC1. The van der Waals surface area contributed by atoms with Crippen molar-refractivity contribution in [3.05, 3.63) is 30.1 Å². The number of hydrogen-bond acceptors (Lipinski definition) is 3. The number of piperidine rings is 1. The number of aromatic nitrogens is 1. The van der Waals surface area contributed by atoms with Gasteiger partial charge in [0.15, 0.2) is 0 Å². The number of hydrogen-bond donors (Lipinski definition) is 1. The average Bonchev–Trinajstić information content (AvgIpc) is 2.54. The maximum absolute atomic E-state index is 12.0. The van der Waals surface area contributed by atoms with Crippen LogP contribution in [0.5, 0.6) is 0 Å². The number of likely N-dealkylation sites (tertiary alicyclic amines) is 1. The first-order chi connectivity index (χ1) is 10.2. The van der Waals surface area contributed by atoms with E-state index in [9.17, 15) is 9.59 Å².